The molecule has 34 heavy (non-hydrogen) atoms. The highest BCUT2D eigenvalue weighted by Gasteiger charge is 2.32. The number of halogens is 2. The van der Waals surface area contributed by atoms with Crippen LogP contribution in [0.15, 0.2) is 59.6 Å². The van der Waals surface area contributed by atoms with Crippen molar-refractivity contribution in [2.45, 2.75) is 38.0 Å². The molecular formula is C25H24ClFN2O4S. The largest absolute Gasteiger partial charge is 0.326 e. The summed E-state index contributed by atoms with van der Waals surface area (Å²) in [6, 6.07) is 11.8. The minimum absolute atomic E-state index is 0.0693. The third-order valence-corrected chi connectivity index (χ3v) is 7.58. The van der Waals surface area contributed by atoms with Gasteiger partial charge < -0.3 is 5.32 Å². The monoisotopic (exact) mass is 502 g/mol. The van der Waals surface area contributed by atoms with Crippen LogP contribution in [0.3, 0.4) is 0 Å². The molecule has 0 atom stereocenters. The zero-order chi connectivity index (χ0) is 25.3. The van der Waals surface area contributed by atoms with Gasteiger partial charge in [0.05, 0.1) is 21.1 Å². The molecule has 0 bridgehead atoms. The maximum atomic E-state index is 13.6. The molecule has 0 radical (unpaired) electrons. The van der Waals surface area contributed by atoms with Gasteiger partial charge in [-0.2, -0.15) is 0 Å². The number of pyridine rings is 1. The topological polar surface area (TPSA) is 93.2 Å². The van der Waals surface area contributed by atoms with Gasteiger partial charge in [-0.25, -0.2) is 12.8 Å². The van der Waals surface area contributed by atoms with Gasteiger partial charge in [0.25, 0.3) is 0 Å². The number of hydrogen-bond acceptors (Lipinski definition) is 5. The zero-order valence-corrected chi connectivity index (χ0v) is 20.7. The van der Waals surface area contributed by atoms with Gasteiger partial charge in [-0.1, -0.05) is 30.7 Å². The van der Waals surface area contributed by atoms with Crippen molar-refractivity contribution >= 4 is 38.8 Å². The fourth-order valence-electron chi connectivity index (χ4n) is 3.44. The molecule has 6 nitrogen and oxygen atoms in total. The molecule has 178 valence electrons. The van der Waals surface area contributed by atoms with E-state index in [1.165, 1.54) is 55.6 Å². The maximum Gasteiger partial charge on any atom is 0.221 e. The highest BCUT2D eigenvalue weighted by atomic mass is 35.5. The summed E-state index contributed by atoms with van der Waals surface area (Å²) in [6.07, 6.45) is 1.45. The van der Waals surface area contributed by atoms with Crippen LogP contribution in [0, 0.1) is 5.82 Å². The number of aromatic nitrogens is 1. The van der Waals surface area contributed by atoms with E-state index < -0.39 is 21.1 Å². The third kappa shape index (κ3) is 5.18. The van der Waals surface area contributed by atoms with Crippen LogP contribution >= 0.6 is 11.6 Å². The summed E-state index contributed by atoms with van der Waals surface area (Å²) < 4.78 is 38.3. The van der Waals surface area contributed by atoms with E-state index in [2.05, 4.69) is 10.3 Å². The van der Waals surface area contributed by atoms with Gasteiger partial charge >= 0.3 is 0 Å². The average Bonchev–Trinajstić information content (AvgIpc) is 2.80. The van der Waals surface area contributed by atoms with Crippen LogP contribution in [0.25, 0.3) is 11.1 Å². The number of benzene rings is 2. The summed E-state index contributed by atoms with van der Waals surface area (Å²) in [7, 11) is -3.48. The number of ketones is 1. The number of carbonyl (C=O) groups excluding carboxylic acids is 2. The van der Waals surface area contributed by atoms with Crippen LogP contribution in [-0.2, 0) is 20.0 Å². The molecule has 3 rings (SSSR count). The van der Waals surface area contributed by atoms with E-state index >= 15 is 0 Å². The Bertz CT molecular complexity index is 1370. The molecule has 0 aliphatic carbocycles. The summed E-state index contributed by atoms with van der Waals surface area (Å²) >= 11 is 5.89. The molecule has 0 unspecified atom stereocenters. The highest BCUT2D eigenvalue weighted by molar-refractivity contribution is 7.91. The number of hydrogen-bond donors (Lipinski definition) is 1. The number of amides is 1. The van der Waals surface area contributed by atoms with Gasteiger partial charge in [0.1, 0.15) is 11.5 Å². The van der Waals surface area contributed by atoms with Crippen molar-refractivity contribution in [2.75, 3.05) is 11.1 Å². The van der Waals surface area contributed by atoms with E-state index in [0.29, 0.717) is 22.4 Å². The smallest absolute Gasteiger partial charge is 0.221 e. The molecule has 0 saturated heterocycles. The molecule has 0 aliphatic heterocycles. The molecule has 0 spiro atoms. The Morgan fingerprint density at radius 1 is 1.09 bits per heavy atom. The molecule has 1 aromatic heterocycles. The van der Waals surface area contributed by atoms with Gasteiger partial charge in [-0.05, 0) is 55.8 Å². The Morgan fingerprint density at radius 3 is 2.35 bits per heavy atom. The van der Waals surface area contributed by atoms with E-state index in [4.69, 9.17) is 11.6 Å². The van der Waals surface area contributed by atoms with Crippen LogP contribution in [0.4, 0.5) is 10.1 Å². The lowest BCUT2D eigenvalue weighted by molar-refractivity contribution is -0.114. The summed E-state index contributed by atoms with van der Waals surface area (Å²) in [5.74, 6) is -1.25. The fourth-order valence-corrected chi connectivity index (χ4v) is 4.53. The van der Waals surface area contributed by atoms with Crippen molar-refractivity contribution in [3.05, 3.63) is 76.8 Å². The molecule has 1 N–H and O–H groups in total. The summed E-state index contributed by atoms with van der Waals surface area (Å²) in [5, 5.41) is 2.62. The Morgan fingerprint density at radius 2 is 1.79 bits per heavy atom. The van der Waals surface area contributed by atoms with Crippen LogP contribution in [-0.4, -0.2) is 30.8 Å². The second-order valence-corrected chi connectivity index (χ2v) is 11.0. The number of Topliss-reactive ketones (excluding diaryl/α,β-unsaturated/α-hetero) is 1. The molecule has 0 aliphatic rings. The third-order valence-electron chi connectivity index (χ3n) is 5.56. The number of carbonyl (C=O) groups is 2. The molecule has 9 heteroatoms. The average molecular weight is 503 g/mol. The minimum atomic E-state index is -3.48. The van der Waals surface area contributed by atoms with Gasteiger partial charge in [-0.3, -0.25) is 14.6 Å². The highest BCUT2D eigenvalue weighted by Crippen LogP contribution is 2.33. The van der Waals surface area contributed by atoms with E-state index in [1.54, 1.807) is 26.8 Å². The lowest BCUT2D eigenvalue weighted by Crippen LogP contribution is -2.30. The van der Waals surface area contributed by atoms with Gasteiger partial charge in [0.2, 0.25) is 5.91 Å². The minimum Gasteiger partial charge on any atom is -0.326 e. The molecule has 2 aromatic carbocycles. The van der Waals surface area contributed by atoms with E-state index in [1.807, 2.05) is 0 Å². The number of sulfone groups is 1. The molecule has 3 aromatic rings. The molecular weight excluding hydrogens is 479 g/mol. The van der Waals surface area contributed by atoms with Crippen LogP contribution < -0.4 is 5.32 Å². The van der Waals surface area contributed by atoms with Crippen molar-refractivity contribution in [1.82, 2.24) is 4.98 Å². The first-order valence-corrected chi connectivity index (χ1v) is 12.5. The normalized spacial score (nSPS) is 11.8. The first-order chi connectivity index (χ1) is 15.9. The standard InChI is InChI=1S/C25H24ClFN2O4S/c1-5-34(32,33)18-8-11-22(29-15(2)30)19(13-18)16-6-10-23(28-14-16)24(31)25(3,4)17-7-9-21(27)20(26)12-17/h6-14H,5H2,1-4H3,(H,29,30). The maximum absolute atomic E-state index is 13.6. The predicted molar refractivity (Wildman–Crippen MR) is 130 cm³/mol. The van der Waals surface area contributed by atoms with Crippen molar-refractivity contribution in [1.29, 1.82) is 0 Å². The van der Waals surface area contributed by atoms with Crippen molar-refractivity contribution in [2.24, 2.45) is 0 Å². The Labute approximate surface area is 203 Å². The van der Waals surface area contributed by atoms with Crippen molar-refractivity contribution in [3.8, 4) is 11.1 Å². The van der Waals surface area contributed by atoms with Crippen molar-refractivity contribution < 1.29 is 22.4 Å². The number of nitrogens with one attached hydrogen (secondary N) is 1. The van der Waals surface area contributed by atoms with Crippen LogP contribution in [0.1, 0.15) is 43.7 Å². The number of nitrogens with zero attached hydrogens (tertiary/aromatic N) is 1. The SMILES string of the molecule is CCS(=O)(=O)c1ccc(NC(C)=O)c(-c2ccc(C(=O)C(C)(C)c3ccc(F)c(Cl)c3)nc2)c1. The van der Waals surface area contributed by atoms with E-state index in [0.717, 1.165) is 0 Å². The first kappa shape index (κ1) is 25.5. The predicted octanol–water partition coefficient (Wildman–Crippen LogP) is 5.45. The van der Waals surface area contributed by atoms with Gasteiger partial charge in [-0.15, -0.1) is 0 Å². The Kier molecular flexibility index (Phi) is 7.24. The first-order valence-electron chi connectivity index (χ1n) is 10.5. The lowest BCUT2D eigenvalue weighted by atomic mass is 9.79. The Hall–Kier alpha value is -3.10. The van der Waals surface area contributed by atoms with Gasteiger partial charge in [0, 0.05) is 29.9 Å². The molecule has 1 amide bonds. The van der Waals surface area contributed by atoms with Crippen LogP contribution in [0.2, 0.25) is 5.02 Å². The number of anilines is 1. The van der Waals surface area contributed by atoms with E-state index in [9.17, 15) is 22.4 Å². The van der Waals surface area contributed by atoms with Crippen molar-refractivity contribution in [3.63, 3.8) is 0 Å². The summed E-state index contributed by atoms with van der Waals surface area (Å²) in [5.41, 5.74) is 1.09. The second-order valence-electron chi connectivity index (χ2n) is 8.31. The quantitative estimate of drug-likeness (QED) is 0.433. The molecule has 1 heterocycles. The summed E-state index contributed by atoms with van der Waals surface area (Å²) in [6.45, 7) is 6.30. The molecule has 0 saturated carbocycles. The van der Waals surface area contributed by atoms with E-state index in [-0.39, 0.29) is 33.1 Å². The second kappa shape index (κ2) is 9.64. The lowest BCUT2D eigenvalue weighted by Gasteiger charge is -2.23. The van der Waals surface area contributed by atoms with Crippen LogP contribution in [0.5, 0.6) is 0 Å². The fraction of sp³-hybridized carbons (Fsp3) is 0.240. The molecule has 0 fully saturated rings. The Balaban J connectivity index is 2.01. The number of rotatable bonds is 7. The van der Waals surface area contributed by atoms with Gasteiger partial charge in [0.15, 0.2) is 15.6 Å². The summed E-state index contributed by atoms with van der Waals surface area (Å²) in [4.78, 5) is 29.3. The zero-order valence-electron chi connectivity index (χ0n) is 19.1.